The molecule has 0 bridgehead atoms. The zero-order chi connectivity index (χ0) is 13.8. The standard InChI is InChI=1S/C15H31N3O/c1-12-4-5-15(19-12)14(10-16)18-8-6-13(7-9-18)11-17(2)3/h12-15H,4-11,16H2,1-3H3. The van der Waals surface area contributed by atoms with Crippen LogP contribution in [0.25, 0.3) is 0 Å². The van der Waals surface area contributed by atoms with Gasteiger partial charge in [0, 0.05) is 19.1 Å². The molecule has 0 aromatic carbocycles. The highest BCUT2D eigenvalue weighted by Crippen LogP contribution is 2.27. The number of nitrogens with two attached hydrogens (primary N) is 1. The highest BCUT2D eigenvalue weighted by molar-refractivity contribution is 4.88. The molecular weight excluding hydrogens is 238 g/mol. The molecule has 0 aromatic rings. The van der Waals surface area contributed by atoms with E-state index in [1.165, 1.54) is 45.3 Å². The summed E-state index contributed by atoms with van der Waals surface area (Å²) in [5.74, 6) is 0.855. The number of rotatable bonds is 5. The van der Waals surface area contributed by atoms with Crippen LogP contribution in [0, 0.1) is 5.92 Å². The summed E-state index contributed by atoms with van der Waals surface area (Å²) in [5.41, 5.74) is 6.01. The normalized spacial score (nSPS) is 32.1. The molecule has 0 spiro atoms. The van der Waals surface area contributed by atoms with E-state index < -0.39 is 0 Å². The van der Waals surface area contributed by atoms with Crippen LogP contribution in [-0.4, -0.2) is 68.3 Å². The van der Waals surface area contributed by atoms with Gasteiger partial charge in [-0.1, -0.05) is 0 Å². The molecule has 2 aliphatic heterocycles. The molecule has 2 fully saturated rings. The van der Waals surface area contributed by atoms with Crippen molar-refractivity contribution in [1.29, 1.82) is 0 Å². The summed E-state index contributed by atoms with van der Waals surface area (Å²) in [6.07, 6.45) is 5.77. The first-order chi connectivity index (χ1) is 9.10. The van der Waals surface area contributed by atoms with E-state index in [-0.39, 0.29) is 0 Å². The van der Waals surface area contributed by atoms with Crippen LogP contribution in [-0.2, 0) is 4.74 Å². The van der Waals surface area contributed by atoms with Crippen molar-refractivity contribution in [2.75, 3.05) is 40.3 Å². The molecular formula is C15H31N3O. The van der Waals surface area contributed by atoms with Gasteiger partial charge in [0.2, 0.25) is 0 Å². The molecule has 2 rings (SSSR count). The summed E-state index contributed by atoms with van der Waals surface area (Å²) in [7, 11) is 4.34. The lowest BCUT2D eigenvalue weighted by Crippen LogP contribution is -2.51. The van der Waals surface area contributed by atoms with Gasteiger partial charge in [-0.2, -0.15) is 0 Å². The minimum absolute atomic E-state index is 0.366. The third-order valence-electron chi connectivity index (χ3n) is 4.68. The van der Waals surface area contributed by atoms with Crippen LogP contribution in [0.4, 0.5) is 0 Å². The van der Waals surface area contributed by atoms with Gasteiger partial charge < -0.3 is 15.4 Å². The second-order valence-electron chi connectivity index (χ2n) is 6.61. The summed E-state index contributed by atoms with van der Waals surface area (Å²) in [5, 5.41) is 0. The molecule has 4 heteroatoms. The molecule has 19 heavy (non-hydrogen) atoms. The first kappa shape index (κ1) is 15.2. The Kier molecular flexibility index (Phi) is 5.63. The van der Waals surface area contributed by atoms with Gasteiger partial charge in [-0.15, -0.1) is 0 Å². The predicted molar refractivity (Wildman–Crippen MR) is 79.3 cm³/mol. The van der Waals surface area contributed by atoms with Crippen molar-refractivity contribution in [3.63, 3.8) is 0 Å². The maximum atomic E-state index is 6.03. The molecule has 3 unspecified atom stereocenters. The Labute approximate surface area is 118 Å². The molecule has 2 aliphatic rings. The lowest BCUT2D eigenvalue weighted by atomic mass is 9.94. The molecule has 112 valence electrons. The molecule has 2 heterocycles. The Balaban J connectivity index is 1.81. The van der Waals surface area contributed by atoms with Crippen molar-refractivity contribution in [2.24, 2.45) is 11.7 Å². The number of hydrogen-bond acceptors (Lipinski definition) is 4. The Hall–Kier alpha value is -0.160. The summed E-state index contributed by atoms with van der Waals surface area (Å²) in [4.78, 5) is 4.89. The summed E-state index contributed by atoms with van der Waals surface area (Å²) >= 11 is 0. The molecule has 3 atom stereocenters. The van der Waals surface area contributed by atoms with E-state index in [4.69, 9.17) is 10.5 Å². The average Bonchev–Trinajstić information content (AvgIpc) is 2.78. The summed E-state index contributed by atoms with van der Waals surface area (Å²) in [6, 6.07) is 0.435. The monoisotopic (exact) mass is 269 g/mol. The van der Waals surface area contributed by atoms with E-state index >= 15 is 0 Å². The highest BCUT2D eigenvalue weighted by atomic mass is 16.5. The fraction of sp³-hybridized carbons (Fsp3) is 1.00. The van der Waals surface area contributed by atoms with E-state index in [1.54, 1.807) is 0 Å². The Morgan fingerprint density at radius 2 is 1.89 bits per heavy atom. The fourth-order valence-corrected chi connectivity index (χ4v) is 3.64. The van der Waals surface area contributed by atoms with Crippen molar-refractivity contribution in [2.45, 2.75) is 50.9 Å². The fourth-order valence-electron chi connectivity index (χ4n) is 3.64. The van der Waals surface area contributed by atoms with Crippen LogP contribution in [0.1, 0.15) is 32.6 Å². The molecule has 0 saturated carbocycles. The second-order valence-corrected chi connectivity index (χ2v) is 6.61. The van der Waals surface area contributed by atoms with Crippen LogP contribution in [0.15, 0.2) is 0 Å². The summed E-state index contributed by atoms with van der Waals surface area (Å²) in [6.45, 7) is 6.51. The van der Waals surface area contributed by atoms with Crippen LogP contribution in [0.2, 0.25) is 0 Å². The molecule has 0 aromatic heterocycles. The lowest BCUT2D eigenvalue weighted by Gasteiger charge is -2.40. The minimum atomic E-state index is 0.366. The van der Waals surface area contributed by atoms with Crippen molar-refractivity contribution in [3.8, 4) is 0 Å². The van der Waals surface area contributed by atoms with E-state index in [9.17, 15) is 0 Å². The number of nitrogens with zero attached hydrogens (tertiary/aromatic N) is 2. The van der Waals surface area contributed by atoms with Gasteiger partial charge in [0.05, 0.1) is 12.2 Å². The van der Waals surface area contributed by atoms with Crippen molar-refractivity contribution >= 4 is 0 Å². The summed E-state index contributed by atoms with van der Waals surface area (Å²) < 4.78 is 6.03. The molecule has 2 N–H and O–H groups in total. The lowest BCUT2D eigenvalue weighted by molar-refractivity contribution is -0.0146. The smallest absolute Gasteiger partial charge is 0.0747 e. The molecule has 0 radical (unpaired) electrons. The van der Waals surface area contributed by atoms with Gasteiger partial charge in [-0.05, 0) is 65.7 Å². The van der Waals surface area contributed by atoms with Gasteiger partial charge in [0.25, 0.3) is 0 Å². The largest absolute Gasteiger partial charge is 0.374 e. The molecule has 0 aliphatic carbocycles. The van der Waals surface area contributed by atoms with Crippen LogP contribution < -0.4 is 5.73 Å². The van der Waals surface area contributed by atoms with E-state index in [2.05, 4.69) is 30.8 Å². The maximum absolute atomic E-state index is 6.03. The maximum Gasteiger partial charge on any atom is 0.0747 e. The SMILES string of the molecule is CC1CCC(C(CN)N2CCC(CN(C)C)CC2)O1. The van der Waals surface area contributed by atoms with Crippen LogP contribution in [0.5, 0.6) is 0 Å². The van der Waals surface area contributed by atoms with E-state index in [1.807, 2.05) is 0 Å². The van der Waals surface area contributed by atoms with Crippen LogP contribution >= 0.6 is 0 Å². The third-order valence-corrected chi connectivity index (χ3v) is 4.68. The van der Waals surface area contributed by atoms with Gasteiger partial charge >= 0.3 is 0 Å². The molecule has 4 nitrogen and oxygen atoms in total. The minimum Gasteiger partial charge on any atom is -0.374 e. The zero-order valence-electron chi connectivity index (χ0n) is 12.8. The first-order valence-electron chi connectivity index (χ1n) is 7.84. The van der Waals surface area contributed by atoms with Gasteiger partial charge in [0.15, 0.2) is 0 Å². The van der Waals surface area contributed by atoms with Crippen molar-refractivity contribution in [3.05, 3.63) is 0 Å². The number of hydrogen-bond donors (Lipinski definition) is 1. The van der Waals surface area contributed by atoms with Crippen molar-refractivity contribution < 1.29 is 4.74 Å². The van der Waals surface area contributed by atoms with Gasteiger partial charge in [-0.3, -0.25) is 4.90 Å². The Morgan fingerprint density at radius 3 is 2.37 bits per heavy atom. The second kappa shape index (κ2) is 7.02. The zero-order valence-corrected chi connectivity index (χ0v) is 12.8. The van der Waals surface area contributed by atoms with E-state index in [0.717, 1.165) is 12.5 Å². The number of ether oxygens (including phenoxy) is 1. The molecule has 0 amide bonds. The van der Waals surface area contributed by atoms with Gasteiger partial charge in [-0.25, -0.2) is 0 Å². The quantitative estimate of drug-likeness (QED) is 0.813. The van der Waals surface area contributed by atoms with Crippen molar-refractivity contribution in [1.82, 2.24) is 9.80 Å². The van der Waals surface area contributed by atoms with Gasteiger partial charge in [0.1, 0.15) is 0 Å². The van der Waals surface area contributed by atoms with Crippen LogP contribution in [0.3, 0.4) is 0 Å². The Bertz CT molecular complexity index is 264. The highest BCUT2D eigenvalue weighted by Gasteiger charge is 2.34. The number of likely N-dealkylation sites (tertiary alicyclic amines) is 1. The topological polar surface area (TPSA) is 41.7 Å². The first-order valence-corrected chi connectivity index (χ1v) is 7.84. The predicted octanol–water partition coefficient (Wildman–Crippen LogP) is 1.15. The number of piperidine rings is 1. The Morgan fingerprint density at radius 1 is 1.21 bits per heavy atom. The average molecular weight is 269 g/mol. The van der Waals surface area contributed by atoms with E-state index in [0.29, 0.717) is 18.2 Å². The third kappa shape index (κ3) is 4.15. The molecule has 2 saturated heterocycles.